The molecule has 0 unspecified atom stereocenters. The molecule has 1 aliphatic rings. The fourth-order valence-corrected chi connectivity index (χ4v) is 1.70. The zero-order valence-corrected chi connectivity index (χ0v) is 9.16. The van der Waals surface area contributed by atoms with Gasteiger partial charge in [0.15, 0.2) is 0 Å². The van der Waals surface area contributed by atoms with Gasteiger partial charge in [0.25, 0.3) is 0 Å². The number of halogens is 1. The smallest absolute Gasteiger partial charge is 0.347 e. The summed E-state index contributed by atoms with van der Waals surface area (Å²) in [5.74, 6) is -0.631. The average molecular weight is 237 g/mol. The Balaban J connectivity index is 2.41. The fraction of sp³-hybridized carbons (Fsp3) is 0.167. The molecule has 0 atom stereocenters. The average Bonchev–Trinajstić information content (AvgIpc) is 2.56. The van der Waals surface area contributed by atoms with Crippen molar-refractivity contribution in [2.75, 3.05) is 5.88 Å². The van der Waals surface area contributed by atoms with E-state index in [1.807, 2.05) is 6.08 Å². The molecule has 0 fully saturated rings. The van der Waals surface area contributed by atoms with Gasteiger partial charge in [-0.25, -0.2) is 9.59 Å². The first-order valence-corrected chi connectivity index (χ1v) is 5.39. The molecule has 1 aliphatic heterocycles. The van der Waals surface area contributed by atoms with Gasteiger partial charge in [0.2, 0.25) is 0 Å². The maximum Gasteiger partial charge on any atom is 0.347 e. The molecule has 0 N–H and O–H groups in total. The fourth-order valence-electron chi connectivity index (χ4n) is 1.57. The third-order valence-electron chi connectivity index (χ3n) is 2.28. The molecule has 4 heteroatoms. The summed E-state index contributed by atoms with van der Waals surface area (Å²) in [7, 11) is 0. The second-order valence-corrected chi connectivity index (χ2v) is 3.70. The van der Waals surface area contributed by atoms with Crippen molar-refractivity contribution in [1.29, 1.82) is 0 Å². The number of esters is 2. The van der Waals surface area contributed by atoms with Gasteiger partial charge in [-0.1, -0.05) is 24.3 Å². The summed E-state index contributed by atoms with van der Waals surface area (Å²) >= 11 is 5.54. The van der Waals surface area contributed by atoms with Crippen LogP contribution in [0.25, 0.3) is 6.08 Å². The van der Waals surface area contributed by atoms with Crippen LogP contribution in [0.4, 0.5) is 0 Å². The molecule has 1 aromatic carbocycles. The number of hydrogen-bond donors (Lipinski definition) is 0. The van der Waals surface area contributed by atoms with Gasteiger partial charge in [0, 0.05) is 5.88 Å². The van der Waals surface area contributed by atoms with Crippen LogP contribution >= 0.6 is 11.6 Å². The van der Waals surface area contributed by atoms with E-state index in [-0.39, 0.29) is 0 Å². The summed E-state index contributed by atoms with van der Waals surface area (Å²) in [6.45, 7) is 0. The molecule has 82 valence electrons. The number of allylic oxidation sites excluding steroid dienone is 1. The van der Waals surface area contributed by atoms with Gasteiger partial charge < -0.3 is 4.74 Å². The molecule has 0 aromatic heterocycles. The van der Waals surface area contributed by atoms with E-state index >= 15 is 0 Å². The van der Waals surface area contributed by atoms with E-state index in [0.717, 1.165) is 0 Å². The van der Waals surface area contributed by atoms with Crippen molar-refractivity contribution in [3.63, 3.8) is 0 Å². The van der Waals surface area contributed by atoms with Crippen LogP contribution in [0.5, 0.6) is 0 Å². The SMILES string of the molecule is O=C1OC(=O)c2c(C=CCCCl)cccc21. The second kappa shape index (κ2) is 4.49. The van der Waals surface area contributed by atoms with Gasteiger partial charge in [0.1, 0.15) is 0 Å². The monoisotopic (exact) mass is 236 g/mol. The molecule has 3 nitrogen and oxygen atoms in total. The van der Waals surface area contributed by atoms with Crippen molar-refractivity contribution < 1.29 is 14.3 Å². The number of benzene rings is 1. The Hall–Kier alpha value is -1.61. The van der Waals surface area contributed by atoms with E-state index in [9.17, 15) is 9.59 Å². The van der Waals surface area contributed by atoms with Gasteiger partial charge in [-0.2, -0.15) is 0 Å². The van der Waals surface area contributed by atoms with E-state index < -0.39 is 11.9 Å². The Morgan fingerprint density at radius 3 is 2.81 bits per heavy atom. The number of hydrogen-bond acceptors (Lipinski definition) is 3. The summed E-state index contributed by atoms with van der Waals surface area (Å²) in [4.78, 5) is 22.7. The minimum atomic E-state index is -0.578. The molecule has 0 amide bonds. The van der Waals surface area contributed by atoms with Crippen molar-refractivity contribution in [2.45, 2.75) is 6.42 Å². The highest BCUT2D eigenvalue weighted by Gasteiger charge is 2.31. The molecular formula is C12H9ClO3. The molecule has 0 saturated carbocycles. The minimum Gasteiger partial charge on any atom is -0.386 e. The van der Waals surface area contributed by atoms with E-state index in [4.69, 9.17) is 11.6 Å². The van der Waals surface area contributed by atoms with E-state index in [1.165, 1.54) is 0 Å². The molecular weight excluding hydrogens is 228 g/mol. The number of carbonyl (C=O) groups excluding carboxylic acids is 2. The number of cyclic esters (lactones) is 2. The van der Waals surface area contributed by atoms with E-state index in [0.29, 0.717) is 29.0 Å². The van der Waals surface area contributed by atoms with Crippen molar-refractivity contribution in [3.05, 3.63) is 41.0 Å². The van der Waals surface area contributed by atoms with Crippen LogP contribution in [0.3, 0.4) is 0 Å². The first-order chi connectivity index (χ1) is 7.74. The molecule has 0 spiro atoms. The Kier molecular flexibility index (Phi) is 3.06. The van der Waals surface area contributed by atoms with Gasteiger partial charge >= 0.3 is 11.9 Å². The maximum atomic E-state index is 11.4. The Morgan fingerprint density at radius 2 is 2.06 bits per heavy atom. The number of ether oxygens (including phenoxy) is 1. The van der Waals surface area contributed by atoms with Gasteiger partial charge in [-0.15, -0.1) is 11.6 Å². The zero-order valence-electron chi connectivity index (χ0n) is 8.40. The Morgan fingerprint density at radius 1 is 1.25 bits per heavy atom. The minimum absolute atomic E-state index is 0.332. The number of alkyl halides is 1. The molecule has 2 rings (SSSR count). The highest BCUT2D eigenvalue weighted by molar-refractivity contribution is 6.18. The maximum absolute atomic E-state index is 11.4. The first kappa shape index (κ1) is 10.9. The molecule has 1 heterocycles. The van der Waals surface area contributed by atoms with Crippen molar-refractivity contribution >= 4 is 29.6 Å². The molecule has 0 radical (unpaired) electrons. The quantitative estimate of drug-likeness (QED) is 0.460. The summed E-state index contributed by atoms with van der Waals surface area (Å²) < 4.78 is 4.54. The predicted octanol–water partition coefficient (Wildman–Crippen LogP) is 2.64. The van der Waals surface area contributed by atoms with Crippen molar-refractivity contribution in [1.82, 2.24) is 0 Å². The van der Waals surface area contributed by atoms with E-state index in [2.05, 4.69) is 4.74 Å². The molecule has 1 aromatic rings. The largest absolute Gasteiger partial charge is 0.386 e. The van der Waals surface area contributed by atoms with Crippen LogP contribution in [0, 0.1) is 0 Å². The summed E-state index contributed by atoms with van der Waals surface area (Å²) in [6, 6.07) is 5.07. The summed E-state index contributed by atoms with van der Waals surface area (Å²) in [5.41, 5.74) is 1.37. The number of carbonyl (C=O) groups is 2. The van der Waals surface area contributed by atoms with Crippen molar-refractivity contribution in [3.8, 4) is 0 Å². The lowest BCUT2D eigenvalue weighted by Gasteiger charge is -1.97. The zero-order chi connectivity index (χ0) is 11.5. The molecule has 16 heavy (non-hydrogen) atoms. The number of fused-ring (bicyclic) bond motifs is 1. The highest BCUT2D eigenvalue weighted by atomic mass is 35.5. The summed E-state index contributed by atoms with van der Waals surface area (Å²) in [6.07, 6.45) is 4.36. The third-order valence-corrected chi connectivity index (χ3v) is 2.50. The summed E-state index contributed by atoms with van der Waals surface area (Å²) in [5, 5.41) is 0. The van der Waals surface area contributed by atoms with Crippen LogP contribution in [0.1, 0.15) is 32.7 Å². The standard InChI is InChI=1S/C12H9ClO3/c13-7-2-1-4-8-5-3-6-9-10(8)12(15)16-11(9)14/h1,3-6H,2,7H2. The van der Waals surface area contributed by atoms with Crippen LogP contribution in [-0.2, 0) is 4.74 Å². The lowest BCUT2D eigenvalue weighted by Crippen LogP contribution is -1.98. The van der Waals surface area contributed by atoms with Crippen LogP contribution in [-0.4, -0.2) is 17.8 Å². The van der Waals surface area contributed by atoms with Crippen molar-refractivity contribution in [2.24, 2.45) is 0 Å². The van der Waals surface area contributed by atoms with Crippen LogP contribution < -0.4 is 0 Å². The van der Waals surface area contributed by atoms with Gasteiger partial charge in [0.05, 0.1) is 11.1 Å². The topological polar surface area (TPSA) is 43.4 Å². The van der Waals surface area contributed by atoms with Gasteiger partial charge in [-0.3, -0.25) is 0 Å². The van der Waals surface area contributed by atoms with Crippen LogP contribution in [0.15, 0.2) is 24.3 Å². The molecule has 0 aliphatic carbocycles. The number of rotatable bonds is 3. The molecule has 0 saturated heterocycles. The second-order valence-electron chi connectivity index (χ2n) is 3.33. The first-order valence-electron chi connectivity index (χ1n) is 4.86. The Labute approximate surface area is 97.7 Å². The predicted molar refractivity (Wildman–Crippen MR) is 60.6 cm³/mol. The Bertz CT molecular complexity index is 477. The lowest BCUT2D eigenvalue weighted by molar-refractivity contribution is 0.0444. The lowest BCUT2D eigenvalue weighted by atomic mass is 10.0. The van der Waals surface area contributed by atoms with Gasteiger partial charge in [-0.05, 0) is 18.1 Å². The molecule has 0 bridgehead atoms. The third kappa shape index (κ3) is 1.86. The van der Waals surface area contributed by atoms with E-state index in [1.54, 1.807) is 24.3 Å². The van der Waals surface area contributed by atoms with Crippen LogP contribution in [0.2, 0.25) is 0 Å². The normalized spacial score (nSPS) is 14.3. The highest BCUT2D eigenvalue weighted by Crippen LogP contribution is 2.24.